The van der Waals surface area contributed by atoms with E-state index >= 15 is 0 Å². The van der Waals surface area contributed by atoms with Gasteiger partial charge in [0, 0.05) is 10.6 Å². The average Bonchev–Trinajstić information content (AvgIpc) is 2.81. The first-order valence-corrected chi connectivity index (χ1v) is 7.18. The Kier molecular flexibility index (Phi) is 3.42. The molecule has 0 spiro atoms. The Balaban J connectivity index is 2.04. The van der Waals surface area contributed by atoms with Gasteiger partial charge in [-0.3, -0.25) is 4.79 Å². The van der Waals surface area contributed by atoms with E-state index < -0.39 is 5.97 Å². The molecule has 2 aromatic carbocycles. The Morgan fingerprint density at radius 1 is 1.25 bits per heavy atom. The summed E-state index contributed by atoms with van der Waals surface area (Å²) in [5, 5.41) is 10.4. The lowest BCUT2D eigenvalue weighted by Crippen LogP contribution is -1.99. The highest BCUT2D eigenvalue weighted by Crippen LogP contribution is 2.31. The number of rotatable bonds is 3. The number of carboxylic acids is 1. The lowest BCUT2D eigenvalue weighted by atomic mass is 10.1. The van der Waals surface area contributed by atoms with Crippen molar-refractivity contribution in [3.05, 3.63) is 53.1 Å². The van der Waals surface area contributed by atoms with Crippen molar-refractivity contribution in [1.82, 2.24) is 4.98 Å². The molecule has 0 unspecified atom stereocenters. The van der Waals surface area contributed by atoms with Gasteiger partial charge < -0.3 is 5.11 Å². The molecule has 3 nitrogen and oxygen atoms in total. The molecule has 0 amide bonds. The number of carboxylic acid groups (broad SMARTS) is 1. The number of nitrogens with zero attached hydrogens (tertiary/aromatic N) is 1. The van der Waals surface area contributed by atoms with Crippen molar-refractivity contribution in [2.24, 2.45) is 0 Å². The van der Waals surface area contributed by atoms with Crippen molar-refractivity contribution in [2.45, 2.75) is 6.42 Å². The smallest absolute Gasteiger partial charge is 0.307 e. The maximum absolute atomic E-state index is 10.7. The number of thiazole rings is 1. The van der Waals surface area contributed by atoms with E-state index in [0.29, 0.717) is 5.02 Å². The summed E-state index contributed by atoms with van der Waals surface area (Å²) < 4.78 is 0.985. The molecule has 1 heterocycles. The van der Waals surface area contributed by atoms with Gasteiger partial charge in [-0.2, -0.15) is 0 Å². The molecule has 0 fully saturated rings. The van der Waals surface area contributed by atoms with E-state index in [2.05, 4.69) is 4.98 Å². The second-order valence-electron chi connectivity index (χ2n) is 4.40. The molecule has 0 radical (unpaired) electrons. The fourth-order valence-corrected chi connectivity index (χ4v) is 3.21. The molecule has 0 saturated heterocycles. The van der Waals surface area contributed by atoms with Crippen LogP contribution in [0.4, 0.5) is 0 Å². The molecule has 0 aliphatic rings. The third-order valence-electron chi connectivity index (χ3n) is 2.88. The number of halogens is 1. The highest BCUT2D eigenvalue weighted by molar-refractivity contribution is 7.21. The minimum absolute atomic E-state index is 0.0281. The first kappa shape index (κ1) is 13.1. The topological polar surface area (TPSA) is 50.2 Å². The molecule has 5 heteroatoms. The summed E-state index contributed by atoms with van der Waals surface area (Å²) in [6.07, 6.45) is 0.0281. The van der Waals surface area contributed by atoms with Gasteiger partial charge in [0.05, 0.1) is 16.6 Å². The van der Waals surface area contributed by atoms with E-state index in [1.54, 1.807) is 6.07 Å². The second-order valence-corrected chi connectivity index (χ2v) is 5.87. The van der Waals surface area contributed by atoms with Crippen molar-refractivity contribution in [2.75, 3.05) is 0 Å². The summed E-state index contributed by atoms with van der Waals surface area (Å²) in [7, 11) is 0. The minimum Gasteiger partial charge on any atom is -0.481 e. The summed E-state index contributed by atoms with van der Waals surface area (Å²) in [5.41, 5.74) is 2.63. The summed E-state index contributed by atoms with van der Waals surface area (Å²) in [5.74, 6) is -0.830. The fraction of sp³-hybridized carbons (Fsp3) is 0.0667. The molecule has 100 valence electrons. The van der Waals surface area contributed by atoms with E-state index in [1.807, 2.05) is 36.4 Å². The van der Waals surface area contributed by atoms with E-state index in [0.717, 1.165) is 26.4 Å². The summed E-state index contributed by atoms with van der Waals surface area (Å²) in [6, 6.07) is 13.1. The Morgan fingerprint density at radius 3 is 2.85 bits per heavy atom. The average molecular weight is 304 g/mol. The molecular weight excluding hydrogens is 294 g/mol. The molecule has 20 heavy (non-hydrogen) atoms. The molecule has 0 bridgehead atoms. The van der Waals surface area contributed by atoms with Crippen LogP contribution in [0.1, 0.15) is 5.56 Å². The van der Waals surface area contributed by atoms with Crippen molar-refractivity contribution in [1.29, 1.82) is 0 Å². The Labute approximate surface area is 124 Å². The quantitative estimate of drug-likeness (QED) is 0.787. The van der Waals surface area contributed by atoms with Gasteiger partial charge in [-0.25, -0.2) is 4.98 Å². The van der Waals surface area contributed by atoms with Crippen LogP contribution in [0, 0.1) is 0 Å². The second kappa shape index (κ2) is 5.23. The van der Waals surface area contributed by atoms with Crippen LogP contribution in [0.25, 0.3) is 20.8 Å². The molecule has 0 atom stereocenters. The van der Waals surface area contributed by atoms with Crippen LogP contribution in [0.5, 0.6) is 0 Å². The highest BCUT2D eigenvalue weighted by Gasteiger charge is 2.08. The normalized spacial score (nSPS) is 10.8. The third-order valence-corrected chi connectivity index (χ3v) is 4.18. The SMILES string of the molecule is O=C(O)Cc1ccc2nc(-c3cccc(Cl)c3)sc2c1. The number of fused-ring (bicyclic) bond motifs is 1. The third kappa shape index (κ3) is 2.66. The van der Waals surface area contributed by atoms with Gasteiger partial charge in [-0.15, -0.1) is 11.3 Å². The number of hydrogen-bond donors (Lipinski definition) is 1. The molecule has 3 aromatic rings. The number of carbonyl (C=O) groups is 1. The summed E-state index contributed by atoms with van der Waals surface area (Å²) >= 11 is 7.53. The predicted molar refractivity (Wildman–Crippen MR) is 81.4 cm³/mol. The first-order chi connectivity index (χ1) is 9.61. The van der Waals surface area contributed by atoms with Gasteiger partial charge in [0.25, 0.3) is 0 Å². The van der Waals surface area contributed by atoms with Crippen LogP contribution in [0.15, 0.2) is 42.5 Å². The van der Waals surface area contributed by atoms with Crippen molar-refractivity contribution in [3.8, 4) is 10.6 Å². The standard InChI is InChI=1S/C15H10ClNO2S/c16-11-3-1-2-10(8-11)15-17-12-5-4-9(7-14(18)19)6-13(12)20-15/h1-6,8H,7H2,(H,18,19). The zero-order chi connectivity index (χ0) is 14.1. The van der Waals surface area contributed by atoms with Gasteiger partial charge in [-0.1, -0.05) is 29.8 Å². The molecule has 0 saturated carbocycles. The van der Waals surface area contributed by atoms with Crippen LogP contribution in [-0.2, 0) is 11.2 Å². The number of hydrogen-bond acceptors (Lipinski definition) is 3. The molecule has 0 aliphatic heterocycles. The zero-order valence-corrected chi connectivity index (χ0v) is 11.9. The lowest BCUT2D eigenvalue weighted by Gasteiger charge is -1.95. The Bertz CT molecular complexity index is 797. The maximum Gasteiger partial charge on any atom is 0.307 e. The van der Waals surface area contributed by atoms with Gasteiger partial charge in [0.2, 0.25) is 0 Å². The minimum atomic E-state index is -0.830. The van der Waals surface area contributed by atoms with E-state index in [1.165, 1.54) is 11.3 Å². The molecule has 1 aromatic heterocycles. The van der Waals surface area contributed by atoms with Crippen molar-refractivity contribution in [3.63, 3.8) is 0 Å². The van der Waals surface area contributed by atoms with Gasteiger partial charge >= 0.3 is 5.97 Å². The van der Waals surface area contributed by atoms with Gasteiger partial charge in [0.15, 0.2) is 0 Å². The fourth-order valence-electron chi connectivity index (χ4n) is 2.00. The largest absolute Gasteiger partial charge is 0.481 e. The molecular formula is C15H10ClNO2S. The predicted octanol–water partition coefficient (Wildman–Crippen LogP) is 4.24. The van der Waals surface area contributed by atoms with Crippen molar-refractivity contribution >= 4 is 39.1 Å². The number of aliphatic carboxylic acids is 1. The maximum atomic E-state index is 10.7. The van der Waals surface area contributed by atoms with Crippen molar-refractivity contribution < 1.29 is 9.90 Å². The van der Waals surface area contributed by atoms with E-state index in [9.17, 15) is 4.79 Å². The van der Waals surface area contributed by atoms with Crippen LogP contribution in [-0.4, -0.2) is 16.1 Å². The summed E-state index contributed by atoms with van der Waals surface area (Å²) in [6.45, 7) is 0. The van der Waals surface area contributed by atoms with Crippen LogP contribution in [0.2, 0.25) is 5.02 Å². The number of aromatic nitrogens is 1. The summed E-state index contributed by atoms with van der Waals surface area (Å²) in [4.78, 5) is 15.3. The lowest BCUT2D eigenvalue weighted by molar-refractivity contribution is -0.136. The molecule has 3 rings (SSSR count). The van der Waals surface area contributed by atoms with Crippen LogP contribution in [0.3, 0.4) is 0 Å². The van der Waals surface area contributed by atoms with Gasteiger partial charge in [-0.05, 0) is 29.8 Å². The highest BCUT2D eigenvalue weighted by atomic mass is 35.5. The van der Waals surface area contributed by atoms with E-state index in [4.69, 9.17) is 16.7 Å². The monoisotopic (exact) mass is 303 g/mol. The Hall–Kier alpha value is -1.91. The van der Waals surface area contributed by atoms with E-state index in [-0.39, 0.29) is 6.42 Å². The molecule has 1 N–H and O–H groups in total. The zero-order valence-electron chi connectivity index (χ0n) is 10.3. The van der Waals surface area contributed by atoms with Gasteiger partial charge in [0.1, 0.15) is 5.01 Å². The molecule has 0 aliphatic carbocycles. The van der Waals surface area contributed by atoms with Crippen LogP contribution >= 0.6 is 22.9 Å². The number of benzene rings is 2. The Morgan fingerprint density at radius 2 is 2.10 bits per heavy atom. The first-order valence-electron chi connectivity index (χ1n) is 5.99. The van der Waals surface area contributed by atoms with Crippen LogP contribution < -0.4 is 0 Å².